The summed E-state index contributed by atoms with van der Waals surface area (Å²) in [7, 11) is 2.27. The van der Waals surface area contributed by atoms with E-state index >= 15 is 0 Å². The molecule has 0 fully saturated rings. The molecule has 2 unspecified atom stereocenters. The molecule has 0 spiro atoms. The van der Waals surface area contributed by atoms with Crippen LogP contribution in [0, 0.1) is 0 Å². The van der Waals surface area contributed by atoms with E-state index in [4.69, 9.17) is 0 Å². The molecular weight excluding hydrogens is 182 g/mol. The highest BCUT2D eigenvalue weighted by Gasteiger charge is 2.24. The first-order valence-corrected chi connectivity index (χ1v) is 6.01. The minimum atomic E-state index is 0.665. The van der Waals surface area contributed by atoms with Gasteiger partial charge in [0.2, 0.25) is 0 Å². The van der Waals surface area contributed by atoms with Crippen LogP contribution in [0.3, 0.4) is 0 Å². The summed E-state index contributed by atoms with van der Waals surface area (Å²) in [5.74, 6) is 0. The average Bonchev–Trinajstić information content (AvgIpc) is 2.37. The van der Waals surface area contributed by atoms with Crippen molar-refractivity contribution in [3.05, 3.63) is 35.4 Å². The molecule has 2 rings (SSSR count). The zero-order valence-electron chi connectivity index (χ0n) is 10.0. The van der Waals surface area contributed by atoms with Gasteiger partial charge in [0.05, 0.1) is 0 Å². The molecule has 1 aliphatic rings. The van der Waals surface area contributed by atoms with E-state index < -0.39 is 0 Å². The van der Waals surface area contributed by atoms with E-state index in [1.807, 2.05) is 0 Å². The second-order valence-corrected chi connectivity index (χ2v) is 4.75. The minimum Gasteiger partial charge on any atom is -0.300 e. The van der Waals surface area contributed by atoms with E-state index in [1.165, 1.54) is 19.3 Å². The van der Waals surface area contributed by atoms with Crippen LogP contribution in [0.15, 0.2) is 24.3 Å². The first-order chi connectivity index (χ1) is 7.22. The van der Waals surface area contributed by atoms with Gasteiger partial charge in [0.25, 0.3) is 0 Å². The SMILES string of the molecule is CCC1Cc2ccccc2CC(C)N1C. The molecule has 2 atom stereocenters. The third-order valence-corrected chi connectivity index (χ3v) is 3.83. The van der Waals surface area contributed by atoms with Gasteiger partial charge in [-0.3, -0.25) is 0 Å². The van der Waals surface area contributed by atoms with Crippen molar-refractivity contribution in [1.29, 1.82) is 0 Å². The summed E-state index contributed by atoms with van der Waals surface area (Å²) >= 11 is 0. The van der Waals surface area contributed by atoms with Crippen molar-refractivity contribution < 1.29 is 0 Å². The Balaban J connectivity index is 2.32. The number of hydrogen-bond donors (Lipinski definition) is 0. The fraction of sp³-hybridized carbons (Fsp3) is 0.571. The van der Waals surface area contributed by atoms with Crippen molar-refractivity contribution >= 4 is 0 Å². The molecule has 0 amide bonds. The highest BCUT2D eigenvalue weighted by atomic mass is 15.2. The Morgan fingerprint density at radius 1 is 1.20 bits per heavy atom. The van der Waals surface area contributed by atoms with E-state index in [0.717, 1.165) is 0 Å². The summed E-state index contributed by atoms with van der Waals surface area (Å²) in [6.07, 6.45) is 3.66. The predicted octanol–water partition coefficient (Wildman–Crippen LogP) is 2.88. The Morgan fingerprint density at radius 3 is 2.40 bits per heavy atom. The number of nitrogens with zero attached hydrogens (tertiary/aromatic N) is 1. The van der Waals surface area contributed by atoms with Crippen molar-refractivity contribution in [2.45, 2.75) is 45.2 Å². The summed E-state index contributed by atoms with van der Waals surface area (Å²) in [4.78, 5) is 2.54. The van der Waals surface area contributed by atoms with Crippen LogP contribution < -0.4 is 0 Å². The molecule has 0 saturated carbocycles. The second-order valence-electron chi connectivity index (χ2n) is 4.75. The van der Waals surface area contributed by atoms with Crippen LogP contribution in [0.1, 0.15) is 31.4 Å². The smallest absolute Gasteiger partial charge is 0.0133 e. The Bertz CT molecular complexity index is 332. The fourth-order valence-electron chi connectivity index (χ4n) is 2.61. The molecule has 0 bridgehead atoms. The molecule has 15 heavy (non-hydrogen) atoms. The van der Waals surface area contributed by atoms with Gasteiger partial charge in [0.1, 0.15) is 0 Å². The largest absolute Gasteiger partial charge is 0.300 e. The first kappa shape index (κ1) is 10.7. The van der Waals surface area contributed by atoms with Crippen LogP contribution in [0.5, 0.6) is 0 Å². The molecule has 1 aromatic carbocycles. The van der Waals surface area contributed by atoms with E-state index in [9.17, 15) is 0 Å². The van der Waals surface area contributed by atoms with Gasteiger partial charge in [-0.25, -0.2) is 0 Å². The van der Waals surface area contributed by atoms with Gasteiger partial charge in [0.15, 0.2) is 0 Å². The van der Waals surface area contributed by atoms with E-state index in [1.54, 1.807) is 11.1 Å². The van der Waals surface area contributed by atoms with Gasteiger partial charge in [-0.15, -0.1) is 0 Å². The van der Waals surface area contributed by atoms with E-state index in [2.05, 4.69) is 50.1 Å². The maximum absolute atomic E-state index is 2.54. The quantitative estimate of drug-likeness (QED) is 0.678. The highest BCUT2D eigenvalue weighted by molar-refractivity contribution is 5.30. The summed E-state index contributed by atoms with van der Waals surface area (Å²) in [6, 6.07) is 10.3. The predicted molar refractivity (Wildman–Crippen MR) is 65.2 cm³/mol. The number of benzene rings is 1. The summed E-state index contributed by atoms with van der Waals surface area (Å²) < 4.78 is 0. The summed E-state index contributed by atoms with van der Waals surface area (Å²) in [6.45, 7) is 4.63. The lowest BCUT2D eigenvalue weighted by atomic mass is 9.99. The van der Waals surface area contributed by atoms with Crippen LogP contribution >= 0.6 is 0 Å². The fourth-order valence-corrected chi connectivity index (χ4v) is 2.61. The Labute approximate surface area is 93.1 Å². The monoisotopic (exact) mass is 203 g/mol. The molecule has 0 N–H and O–H groups in total. The van der Waals surface area contributed by atoms with Crippen molar-refractivity contribution in [2.75, 3.05) is 7.05 Å². The van der Waals surface area contributed by atoms with Crippen LogP contribution in [0.2, 0.25) is 0 Å². The van der Waals surface area contributed by atoms with E-state index in [-0.39, 0.29) is 0 Å². The van der Waals surface area contributed by atoms with Gasteiger partial charge in [0, 0.05) is 12.1 Å². The number of rotatable bonds is 1. The lowest BCUT2D eigenvalue weighted by Crippen LogP contribution is -2.38. The van der Waals surface area contributed by atoms with Crippen molar-refractivity contribution in [2.24, 2.45) is 0 Å². The maximum Gasteiger partial charge on any atom is 0.0133 e. The minimum absolute atomic E-state index is 0.665. The van der Waals surface area contributed by atoms with Crippen molar-refractivity contribution in [3.8, 4) is 0 Å². The molecule has 0 saturated heterocycles. The van der Waals surface area contributed by atoms with Gasteiger partial charge in [-0.1, -0.05) is 31.2 Å². The number of likely N-dealkylation sites (N-methyl/N-ethyl adjacent to an activating group) is 1. The Morgan fingerprint density at radius 2 is 1.80 bits per heavy atom. The maximum atomic E-state index is 2.54. The molecule has 0 aromatic heterocycles. The molecule has 1 nitrogen and oxygen atoms in total. The highest BCUT2D eigenvalue weighted by Crippen LogP contribution is 2.23. The molecule has 1 aromatic rings. The third kappa shape index (κ3) is 2.07. The summed E-state index contributed by atoms with van der Waals surface area (Å²) in [5, 5.41) is 0. The standard InChI is InChI=1S/C14H21N/c1-4-14-10-13-8-6-5-7-12(13)9-11(2)15(14)3/h5-8,11,14H,4,9-10H2,1-3H3. The van der Waals surface area contributed by atoms with E-state index in [0.29, 0.717) is 12.1 Å². The van der Waals surface area contributed by atoms with Gasteiger partial charge in [-0.05, 0) is 44.4 Å². The van der Waals surface area contributed by atoms with Gasteiger partial charge in [-0.2, -0.15) is 0 Å². The number of hydrogen-bond acceptors (Lipinski definition) is 1. The molecule has 0 aliphatic carbocycles. The van der Waals surface area contributed by atoms with Gasteiger partial charge < -0.3 is 4.90 Å². The molecule has 1 heteroatoms. The Hall–Kier alpha value is -0.820. The first-order valence-electron chi connectivity index (χ1n) is 6.01. The molecule has 0 radical (unpaired) electrons. The topological polar surface area (TPSA) is 3.24 Å². The molecule has 82 valence electrons. The molecule has 1 aliphatic heterocycles. The second kappa shape index (κ2) is 4.36. The Kier molecular flexibility index (Phi) is 3.11. The summed E-state index contributed by atoms with van der Waals surface area (Å²) in [5.41, 5.74) is 3.10. The van der Waals surface area contributed by atoms with Crippen LogP contribution in [0.4, 0.5) is 0 Å². The lowest BCUT2D eigenvalue weighted by Gasteiger charge is -2.29. The van der Waals surface area contributed by atoms with Crippen molar-refractivity contribution in [1.82, 2.24) is 4.90 Å². The molecular formula is C14H21N. The average molecular weight is 203 g/mol. The van der Waals surface area contributed by atoms with Crippen molar-refractivity contribution in [3.63, 3.8) is 0 Å². The molecule has 1 heterocycles. The normalized spacial score (nSPS) is 27.1. The lowest BCUT2D eigenvalue weighted by molar-refractivity contribution is 0.184. The third-order valence-electron chi connectivity index (χ3n) is 3.83. The number of fused-ring (bicyclic) bond motifs is 1. The van der Waals surface area contributed by atoms with Crippen LogP contribution in [-0.2, 0) is 12.8 Å². The van der Waals surface area contributed by atoms with Crippen LogP contribution in [-0.4, -0.2) is 24.0 Å². The van der Waals surface area contributed by atoms with Gasteiger partial charge >= 0.3 is 0 Å². The van der Waals surface area contributed by atoms with Crippen LogP contribution in [0.25, 0.3) is 0 Å². The zero-order valence-corrected chi connectivity index (χ0v) is 10.0. The zero-order chi connectivity index (χ0) is 10.8.